The topological polar surface area (TPSA) is 26.3 Å². The van der Waals surface area contributed by atoms with E-state index in [1.165, 1.54) is 27.8 Å². The van der Waals surface area contributed by atoms with Crippen LogP contribution in [0.15, 0.2) is 54.6 Å². The summed E-state index contributed by atoms with van der Waals surface area (Å²) in [5.41, 5.74) is 6.15. The maximum absolute atomic E-state index is 11.5. The van der Waals surface area contributed by atoms with Crippen LogP contribution in [0.1, 0.15) is 48.4 Å². The molecule has 0 fully saturated rings. The van der Waals surface area contributed by atoms with Crippen molar-refractivity contribution in [2.24, 2.45) is 0 Å². The molecular weight excluding hydrogens is 296 g/mol. The van der Waals surface area contributed by atoms with E-state index in [4.69, 9.17) is 4.74 Å². The molecule has 0 saturated heterocycles. The summed E-state index contributed by atoms with van der Waals surface area (Å²) in [6, 6.07) is 17.2. The van der Waals surface area contributed by atoms with Crippen molar-refractivity contribution >= 4 is 11.5 Å². The molecule has 0 atom stereocenters. The third-order valence-electron chi connectivity index (χ3n) is 3.96. The number of hydrogen-bond acceptors (Lipinski definition) is 2. The highest BCUT2D eigenvalue weighted by molar-refractivity contribution is 5.80. The Balaban J connectivity index is 2.16. The van der Waals surface area contributed by atoms with E-state index in [-0.39, 0.29) is 5.97 Å². The van der Waals surface area contributed by atoms with E-state index < -0.39 is 0 Å². The van der Waals surface area contributed by atoms with E-state index >= 15 is 0 Å². The second-order valence-corrected chi connectivity index (χ2v) is 6.05. The fraction of sp³-hybridized carbons (Fsp3) is 0.318. The molecule has 24 heavy (non-hydrogen) atoms. The molecule has 2 aromatic carbocycles. The lowest BCUT2D eigenvalue weighted by atomic mass is 9.95. The summed E-state index contributed by atoms with van der Waals surface area (Å²) in [6.45, 7) is 6.48. The van der Waals surface area contributed by atoms with Gasteiger partial charge in [-0.1, -0.05) is 65.7 Å². The monoisotopic (exact) mass is 322 g/mol. The highest BCUT2D eigenvalue weighted by atomic mass is 16.5. The van der Waals surface area contributed by atoms with Gasteiger partial charge in [0.15, 0.2) is 0 Å². The molecule has 0 aromatic heterocycles. The van der Waals surface area contributed by atoms with Gasteiger partial charge in [-0.25, -0.2) is 0 Å². The first kappa shape index (κ1) is 18.0. The summed E-state index contributed by atoms with van der Waals surface area (Å²) in [4.78, 5) is 11.5. The maximum atomic E-state index is 11.5. The number of carbonyl (C=O) groups excluding carboxylic acids is 1. The van der Waals surface area contributed by atoms with Crippen molar-refractivity contribution in [1.29, 1.82) is 0 Å². The lowest BCUT2D eigenvalue weighted by Gasteiger charge is -2.10. The molecule has 2 heteroatoms. The van der Waals surface area contributed by atoms with Gasteiger partial charge in [0.25, 0.3) is 0 Å². The van der Waals surface area contributed by atoms with Gasteiger partial charge in [-0.3, -0.25) is 4.79 Å². The van der Waals surface area contributed by atoms with Crippen LogP contribution in [-0.2, 0) is 9.53 Å². The van der Waals surface area contributed by atoms with Crippen molar-refractivity contribution in [3.05, 3.63) is 76.9 Å². The molecule has 2 rings (SSSR count). The van der Waals surface area contributed by atoms with Crippen LogP contribution in [0.4, 0.5) is 0 Å². The summed E-state index contributed by atoms with van der Waals surface area (Å²) < 4.78 is 4.98. The Morgan fingerprint density at radius 3 is 1.88 bits per heavy atom. The van der Waals surface area contributed by atoms with Gasteiger partial charge >= 0.3 is 5.97 Å². The number of ether oxygens (including phenoxy) is 1. The molecule has 0 aliphatic carbocycles. The average molecular weight is 322 g/mol. The minimum atomic E-state index is -0.113. The Kier molecular flexibility index (Phi) is 6.80. The highest BCUT2D eigenvalue weighted by Gasteiger charge is 2.06. The molecule has 0 amide bonds. The van der Waals surface area contributed by atoms with Crippen LogP contribution < -0.4 is 0 Å². The van der Waals surface area contributed by atoms with E-state index in [2.05, 4.69) is 68.5 Å². The molecule has 126 valence electrons. The van der Waals surface area contributed by atoms with Crippen molar-refractivity contribution in [3.8, 4) is 0 Å². The van der Waals surface area contributed by atoms with Crippen LogP contribution in [0.3, 0.4) is 0 Å². The van der Waals surface area contributed by atoms with Gasteiger partial charge < -0.3 is 4.74 Å². The third-order valence-corrected chi connectivity index (χ3v) is 3.96. The fourth-order valence-electron chi connectivity index (χ4n) is 2.59. The minimum Gasteiger partial charge on any atom is -0.466 e. The standard InChI is InChI=1S/C22H26O2/c1-4-24-22(23)8-6-5-7-21(19-13-9-17(2)10-14-19)20-15-11-18(3)12-16-20/h7,9-16H,4-6,8H2,1-3H3. The smallest absolute Gasteiger partial charge is 0.305 e. The largest absolute Gasteiger partial charge is 0.466 e. The molecule has 0 bridgehead atoms. The number of rotatable bonds is 7. The van der Waals surface area contributed by atoms with E-state index in [9.17, 15) is 4.79 Å². The zero-order valence-corrected chi connectivity index (χ0v) is 14.8. The Labute approximate surface area is 145 Å². The molecule has 0 aliphatic rings. The lowest BCUT2D eigenvalue weighted by Crippen LogP contribution is -2.02. The molecule has 0 aliphatic heterocycles. The van der Waals surface area contributed by atoms with Crippen molar-refractivity contribution in [2.75, 3.05) is 6.61 Å². The lowest BCUT2D eigenvalue weighted by molar-refractivity contribution is -0.143. The Morgan fingerprint density at radius 1 is 0.917 bits per heavy atom. The van der Waals surface area contributed by atoms with Gasteiger partial charge in [-0.2, -0.15) is 0 Å². The molecule has 0 N–H and O–H groups in total. The van der Waals surface area contributed by atoms with Crippen LogP contribution in [0.25, 0.3) is 5.57 Å². The fourth-order valence-corrected chi connectivity index (χ4v) is 2.59. The summed E-state index contributed by atoms with van der Waals surface area (Å²) in [6.07, 6.45) is 4.37. The summed E-state index contributed by atoms with van der Waals surface area (Å²) >= 11 is 0. The Morgan fingerprint density at radius 2 is 1.42 bits per heavy atom. The van der Waals surface area contributed by atoms with Gasteiger partial charge in [-0.15, -0.1) is 0 Å². The Hall–Kier alpha value is -2.35. The first-order valence-corrected chi connectivity index (χ1v) is 8.60. The number of carbonyl (C=O) groups is 1. The molecule has 2 aromatic rings. The van der Waals surface area contributed by atoms with E-state index in [1.54, 1.807) is 0 Å². The number of unbranched alkanes of at least 4 members (excludes halogenated alkanes) is 1. The van der Waals surface area contributed by atoms with Crippen LogP contribution in [0.2, 0.25) is 0 Å². The van der Waals surface area contributed by atoms with E-state index in [0.717, 1.165) is 12.8 Å². The van der Waals surface area contributed by atoms with Crippen LogP contribution in [0, 0.1) is 13.8 Å². The summed E-state index contributed by atoms with van der Waals surface area (Å²) in [7, 11) is 0. The molecule has 0 unspecified atom stereocenters. The third kappa shape index (κ3) is 5.38. The summed E-state index contributed by atoms with van der Waals surface area (Å²) in [5, 5.41) is 0. The quantitative estimate of drug-likeness (QED) is 0.499. The second kappa shape index (κ2) is 9.07. The first-order chi connectivity index (χ1) is 11.6. The normalized spacial score (nSPS) is 10.3. The molecule has 0 spiro atoms. The van der Waals surface area contributed by atoms with Crippen LogP contribution in [0.5, 0.6) is 0 Å². The molecule has 2 nitrogen and oxygen atoms in total. The van der Waals surface area contributed by atoms with Gasteiger partial charge in [0, 0.05) is 6.42 Å². The number of aryl methyl sites for hydroxylation is 2. The van der Waals surface area contributed by atoms with Crippen molar-refractivity contribution in [3.63, 3.8) is 0 Å². The average Bonchev–Trinajstić information content (AvgIpc) is 2.57. The van der Waals surface area contributed by atoms with Crippen LogP contribution in [-0.4, -0.2) is 12.6 Å². The zero-order chi connectivity index (χ0) is 17.4. The van der Waals surface area contributed by atoms with Gasteiger partial charge in [0.05, 0.1) is 6.61 Å². The van der Waals surface area contributed by atoms with Crippen molar-refractivity contribution < 1.29 is 9.53 Å². The van der Waals surface area contributed by atoms with Gasteiger partial charge in [0.2, 0.25) is 0 Å². The molecule has 0 heterocycles. The SMILES string of the molecule is CCOC(=O)CCCC=C(c1ccc(C)cc1)c1ccc(C)cc1. The predicted octanol–water partition coefficient (Wildman–Crippen LogP) is 5.47. The minimum absolute atomic E-state index is 0.113. The zero-order valence-electron chi connectivity index (χ0n) is 14.8. The van der Waals surface area contributed by atoms with E-state index in [1.807, 2.05) is 6.92 Å². The molecule has 0 radical (unpaired) electrons. The molecular formula is C22H26O2. The number of esters is 1. The van der Waals surface area contributed by atoms with E-state index in [0.29, 0.717) is 13.0 Å². The Bertz CT molecular complexity index is 631. The molecule has 0 saturated carbocycles. The number of hydrogen-bond donors (Lipinski definition) is 0. The second-order valence-electron chi connectivity index (χ2n) is 6.05. The van der Waals surface area contributed by atoms with Crippen molar-refractivity contribution in [1.82, 2.24) is 0 Å². The maximum Gasteiger partial charge on any atom is 0.305 e. The van der Waals surface area contributed by atoms with Gasteiger partial charge in [-0.05, 0) is 50.3 Å². The number of allylic oxidation sites excluding steroid dienone is 1. The number of benzene rings is 2. The highest BCUT2D eigenvalue weighted by Crippen LogP contribution is 2.25. The first-order valence-electron chi connectivity index (χ1n) is 8.60. The van der Waals surface area contributed by atoms with Crippen molar-refractivity contribution in [2.45, 2.75) is 40.0 Å². The summed E-state index contributed by atoms with van der Waals surface area (Å²) in [5.74, 6) is -0.113. The van der Waals surface area contributed by atoms with Gasteiger partial charge in [0.1, 0.15) is 0 Å². The van der Waals surface area contributed by atoms with Crippen LogP contribution >= 0.6 is 0 Å². The predicted molar refractivity (Wildman–Crippen MR) is 99.9 cm³/mol.